The van der Waals surface area contributed by atoms with Crippen molar-refractivity contribution in [2.24, 2.45) is 0 Å². The summed E-state index contributed by atoms with van der Waals surface area (Å²) in [7, 11) is 1.54. The summed E-state index contributed by atoms with van der Waals surface area (Å²) >= 11 is 9.43. The van der Waals surface area contributed by atoms with Crippen LogP contribution in [0.1, 0.15) is 5.56 Å². The van der Waals surface area contributed by atoms with Crippen molar-refractivity contribution in [3.63, 3.8) is 0 Å². The topological polar surface area (TPSA) is 50.4 Å². The molecule has 0 unspecified atom stereocenters. The fourth-order valence-corrected chi connectivity index (χ4v) is 2.46. The summed E-state index contributed by atoms with van der Waals surface area (Å²) in [6.45, 7) is 2.03. The zero-order chi connectivity index (χ0) is 16.1. The number of methoxy groups -OCH3 is 1. The van der Waals surface area contributed by atoms with Gasteiger partial charge in [0.1, 0.15) is 5.75 Å². The van der Waals surface area contributed by atoms with Gasteiger partial charge in [-0.05, 0) is 36.8 Å². The summed E-state index contributed by atoms with van der Waals surface area (Å²) < 4.78 is 6.19. The van der Waals surface area contributed by atoms with Crippen LogP contribution in [0.25, 0.3) is 0 Å². The van der Waals surface area contributed by atoms with E-state index in [1.807, 2.05) is 31.2 Å². The molecule has 116 valence electrons. The quantitative estimate of drug-likeness (QED) is 0.801. The first-order valence-corrected chi connectivity index (χ1v) is 7.80. The molecule has 6 heteroatoms. The van der Waals surface area contributed by atoms with Crippen molar-refractivity contribution in [1.29, 1.82) is 0 Å². The van der Waals surface area contributed by atoms with Gasteiger partial charge >= 0.3 is 0 Å². The Bertz CT molecular complexity index is 692. The lowest BCUT2D eigenvalue weighted by molar-refractivity contribution is -0.114. The van der Waals surface area contributed by atoms with Crippen molar-refractivity contribution in [2.45, 2.75) is 6.92 Å². The number of benzene rings is 2. The van der Waals surface area contributed by atoms with E-state index in [9.17, 15) is 4.79 Å². The maximum Gasteiger partial charge on any atom is 0.243 e. The molecule has 22 heavy (non-hydrogen) atoms. The second kappa shape index (κ2) is 7.51. The largest absolute Gasteiger partial charge is 0.495 e. The van der Waals surface area contributed by atoms with Gasteiger partial charge in [-0.2, -0.15) is 0 Å². The van der Waals surface area contributed by atoms with E-state index in [2.05, 4.69) is 26.6 Å². The van der Waals surface area contributed by atoms with Gasteiger partial charge in [-0.15, -0.1) is 0 Å². The average Bonchev–Trinajstić information content (AvgIpc) is 2.49. The molecule has 0 radical (unpaired) electrons. The number of aryl methyl sites for hydroxylation is 1. The van der Waals surface area contributed by atoms with E-state index in [4.69, 9.17) is 16.3 Å². The number of nitrogens with one attached hydrogen (secondary N) is 2. The van der Waals surface area contributed by atoms with E-state index in [1.165, 1.54) is 7.11 Å². The standard InChI is InChI=1S/C16H16BrClN2O2/c1-10-6-14(15(22-2)8-13(10)18)20-16(21)9-19-12-5-3-4-11(17)7-12/h3-8,19H,9H2,1-2H3,(H,20,21). The predicted molar refractivity (Wildman–Crippen MR) is 94.0 cm³/mol. The van der Waals surface area contributed by atoms with E-state index in [0.717, 1.165) is 15.7 Å². The number of carbonyl (C=O) groups is 1. The van der Waals surface area contributed by atoms with Crippen LogP contribution in [0.5, 0.6) is 5.75 Å². The van der Waals surface area contributed by atoms with Crippen LogP contribution in [0.4, 0.5) is 11.4 Å². The number of hydrogen-bond acceptors (Lipinski definition) is 3. The number of anilines is 2. The molecule has 2 aromatic carbocycles. The molecule has 0 aliphatic carbocycles. The third-order valence-corrected chi connectivity index (χ3v) is 3.93. The zero-order valence-electron chi connectivity index (χ0n) is 12.2. The predicted octanol–water partition coefficient (Wildman–Crippen LogP) is 4.47. The van der Waals surface area contributed by atoms with Crippen molar-refractivity contribution in [3.05, 3.63) is 51.5 Å². The van der Waals surface area contributed by atoms with Crippen LogP contribution < -0.4 is 15.4 Å². The Labute approximate surface area is 142 Å². The van der Waals surface area contributed by atoms with E-state index in [1.54, 1.807) is 12.1 Å². The van der Waals surface area contributed by atoms with Gasteiger partial charge in [0.2, 0.25) is 5.91 Å². The summed E-state index contributed by atoms with van der Waals surface area (Å²) in [5.74, 6) is 0.367. The van der Waals surface area contributed by atoms with Gasteiger partial charge in [-0.3, -0.25) is 4.79 Å². The van der Waals surface area contributed by atoms with Crippen LogP contribution in [0.2, 0.25) is 5.02 Å². The van der Waals surface area contributed by atoms with Gasteiger partial charge in [0.05, 0.1) is 19.3 Å². The lowest BCUT2D eigenvalue weighted by atomic mass is 10.2. The normalized spacial score (nSPS) is 10.2. The highest BCUT2D eigenvalue weighted by atomic mass is 79.9. The molecule has 0 atom stereocenters. The molecule has 0 saturated heterocycles. The Kier molecular flexibility index (Phi) is 5.69. The molecule has 0 bridgehead atoms. The molecule has 0 fully saturated rings. The Morgan fingerprint density at radius 1 is 1.32 bits per heavy atom. The lowest BCUT2D eigenvalue weighted by Crippen LogP contribution is -2.22. The van der Waals surface area contributed by atoms with E-state index < -0.39 is 0 Å². The number of carbonyl (C=O) groups excluding carboxylic acids is 1. The van der Waals surface area contributed by atoms with Crippen molar-refractivity contribution in [1.82, 2.24) is 0 Å². The van der Waals surface area contributed by atoms with Crippen molar-refractivity contribution < 1.29 is 9.53 Å². The number of hydrogen-bond donors (Lipinski definition) is 2. The summed E-state index contributed by atoms with van der Waals surface area (Å²) in [4.78, 5) is 12.1. The van der Waals surface area contributed by atoms with Gasteiger partial charge in [0.25, 0.3) is 0 Å². The fraction of sp³-hybridized carbons (Fsp3) is 0.188. The van der Waals surface area contributed by atoms with Crippen molar-refractivity contribution >= 4 is 44.8 Å². The Hall–Kier alpha value is -1.72. The minimum absolute atomic E-state index is 0.154. The molecular formula is C16H16BrClN2O2. The second-order valence-electron chi connectivity index (χ2n) is 4.71. The van der Waals surface area contributed by atoms with Crippen LogP contribution in [-0.2, 0) is 4.79 Å². The summed E-state index contributed by atoms with van der Waals surface area (Å²) in [5.41, 5.74) is 2.34. The highest BCUT2D eigenvalue weighted by molar-refractivity contribution is 9.10. The Balaban J connectivity index is 2.01. The molecule has 0 saturated carbocycles. The summed E-state index contributed by atoms with van der Waals surface area (Å²) in [6.07, 6.45) is 0. The minimum Gasteiger partial charge on any atom is -0.495 e. The van der Waals surface area contributed by atoms with Gasteiger partial charge in [-0.25, -0.2) is 0 Å². The maximum atomic E-state index is 12.1. The third kappa shape index (κ3) is 4.39. The molecule has 0 spiro atoms. The molecule has 1 amide bonds. The number of rotatable bonds is 5. The molecule has 0 aliphatic heterocycles. The highest BCUT2D eigenvalue weighted by Gasteiger charge is 2.10. The fourth-order valence-electron chi connectivity index (χ4n) is 1.91. The summed E-state index contributed by atoms with van der Waals surface area (Å²) in [6, 6.07) is 11.1. The Morgan fingerprint density at radius 3 is 2.77 bits per heavy atom. The monoisotopic (exact) mass is 382 g/mol. The summed E-state index contributed by atoms with van der Waals surface area (Å²) in [5, 5.41) is 6.48. The highest BCUT2D eigenvalue weighted by Crippen LogP contribution is 2.30. The maximum absolute atomic E-state index is 12.1. The van der Waals surface area contributed by atoms with Crippen LogP contribution in [-0.4, -0.2) is 19.6 Å². The Morgan fingerprint density at radius 2 is 2.09 bits per heavy atom. The van der Waals surface area contributed by atoms with Crippen molar-refractivity contribution in [2.75, 3.05) is 24.3 Å². The van der Waals surface area contributed by atoms with E-state index in [-0.39, 0.29) is 12.5 Å². The first-order chi connectivity index (χ1) is 10.5. The molecule has 0 aliphatic rings. The number of halogens is 2. The van der Waals surface area contributed by atoms with Gasteiger partial charge in [0.15, 0.2) is 0 Å². The SMILES string of the molecule is COc1cc(Cl)c(C)cc1NC(=O)CNc1cccc(Br)c1. The third-order valence-electron chi connectivity index (χ3n) is 3.03. The van der Waals surface area contributed by atoms with E-state index >= 15 is 0 Å². The first-order valence-electron chi connectivity index (χ1n) is 6.63. The smallest absolute Gasteiger partial charge is 0.243 e. The average molecular weight is 384 g/mol. The van der Waals surface area contributed by atoms with Crippen molar-refractivity contribution in [3.8, 4) is 5.75 Å². The van der Waals surface area contributed by atoms with Gasteiger partial charge in [0, 0.05) is 21.2 Å². The molecule has 0 aromatic heterocycles. The van der Waals surface area contributed by atoms with Crippen LogP contribution in [0.15, 0.2) is 40.9 Å². The number of amides is 1. The molecule has 2 aromatic rings. The molecule has 0 heterocycles. The number of ether oxygens (including phenoxy) is 1. The molecule has 2 N–H and O–H groups in total. The molecule has 2 rings (SSSR count). The molecular weight excluding hydrogens is 368 g/mol. The zero-order valence-corrected chi connectivity index (χ0v) is 14.6. The van der Waals surface area contributed by atoms with Crippen LogP contribution in [0, 0.1) is 6.92 Å². The van der Waals surface area contributed by atoms with Gasteiger partial charge in [-0.1, -0.05) is 33.6 Å². The second-order valence-corrected chi connectivity index (χ2v) is 6.04. The first kappa shape index (κ1) is 16.6. The van der Waals surface area contributed by atoms with Crippen LogP contribution >= 0.6 is 27.5 Å². The minimum atomic E-state index is -0.167. The van der Waals surface area contributed by atoms with Gasteiger partial charge < -0.3 is 15.4 Å². The molecule has 4 nitrogen and oxygen atoms in total. The van der Waals surface area contributed by atoms with Crippen LogP contribution in [0.3, 0.4) is 0 Å². The lowest BCUT2D eigenvalue weighted by Gasteiger charge is -2.13. The van der Waals surface area contributed by atoms with E-state index in [0.29, 0.717) is 16.5 Å².